The molecule has 0 heterocycles. The quantitative estimate of drug-likeness (QED) is 0.0269. The van der Waals surface area contributed by atoms with Crippen molar-refractivity contribution >= 4 is 48.0 Å². The summed E-state index contributed by atoms with van der Waals surface area (Å²) in [5.41, 5.74) is -2.25. The van der Waals surface area contributed by atoms with Crippen molar-refractivity contribution in [2.75, 3.05) is 12.3 Å². The molecule has 0 aliphatic carbocycles. The fourth-order valence-corrected chi connectivity index (χ4v) is 9.63. The van der Waals surface area contributed by atoms with Crippen molar-refractivity contribution in [3.8, 4) is 0 Å². The normalized spacial score (nSPS) is 12.7. The molecule has 0 fully saturated rings. The van der Waals surface area contributed by atoms with Crippen LogP contribution in [0.3, 0.4) is 0 Å². The fourth-order valence-electron chi connectivity index (χ4n) is 9.17. The van der Waals surface area contributed by atoms with Crippen molar-refractivity contribution in [1.82, 2.24) is 15.5 Å². The molecule has 2 unspecified atom stereocenters. The number of imide groups is 1. The van der Waals surface area contributed by atoms with Crippen LogP contribution in [0.2, 0.25) is 0 Å². The molecule has 0 aliphatic heterocycles. The summed E-state index contributed by atoms with van der Waals surface area (Å²) in [5.74, 6) is -5.03. The first-order chi connectivity index (χ1) is 32.5. The maximum atomic E-state index is 14.6. The number of rotatable bonds is 50. The summed E-state index contributed by atoms with van der Waals surface area (Å²) in [6.45, 7) is 7.47. The largest absolute Gasteiger partial charge is 0.480 e. The summed E-state index contributed by atoms with van der Waals surface area (Å²) >= 11 is 4.57. The highest BCUT2D eigenvalue weighted by molar-refractivity contribution is 7.80. The van der Waals surface area contributed by atoms with Crippen LogP contribution in [0.15, 0.2) is 0 Å². The van der Waals surface area contributed by atoms with Gasteiger partial charge in [0.15, 0.2) is 11.3 Å². The van der Waals surface area contributed by atoms with E-state index in [1.165, 1.54) is 161 Å². The van der Waals surface area contributed by atoms with E-state index in [2.05, 4.69) is 44.0 Å². The Morgan fingerprint density at radius 2 is 0.716 bits per heavy atom. The summed E-state index contributed by atoms with van der Waals surface area (Å²) in [6, 6.07) is -1.23. The van der Waals surface area contributed by atoms with E-state index in [0.717, 1.165) is 81.9 Å². The molecule has 0 aliphatic rings. The molecule has 11 heteroatoms. The molecule has 0 saturated carbocycles. The molecule has 4 amide bonds. The van der Waals surface area contributed by atoms with E-state index in [1.807, 2.05) is 0 Å². The van der Waals surface area contributed by atoms with Gasteiger partial charge in [-0.05, 0) is 26.2 Å². The van der Waals surface area contributed by atoms with Gasteiger partial charge in [-0.1, -0.05) is 252 Å². The zero-order valence-corrected chi connectivity index (χ0v) is 44.9. The van der Waals surface area contributed by atoms with E-state index in [4.69, 9.17) is 5.11 Å². The van der Waals surface area contributed by atoms with Gasteiger partial charge in [0.05, 0.1) is 0 Å². The zero-order valence-electron chi connectivity index (χ0n) is 44.0. The number of aliphatic carboxylic acids is 1. The van der Waals surface area contributed by atoms with Gasteiger partial charge in [-0.2, -0.15) is 12.6 Å². The first kappa shape index (κ1) is 64.6. The summed E-state index contributed by atoms with van der Waals surface area (Å²) in [4.78, 5) is 82.9. The number of ketones is 1. The minimum atomic E-state index is -2.25. The Kier molecular flexibility index (Phi) is 44.3. The molecule has 0 spiro atoms. The Balaban J connectivity index is 5.87. The number of amides is 4. The number of nitrogens with zero attached hydrogens (tertiary/aromatic N) is 1. The number of hydrogen-bond acceptors (Lipinski definition) is 7. The van der Waals surface area contributed by atoms with Crippen molar-refractivity contribution in [2.24, 2.45) is 0 Å². The van der Waals surface area contributed by atoms with Crippen LogP contribution in [0, 0.1) is 0 Å². The number of hydrogen-bond donors (Lipinski definition) is 4. The highest BCUT2D eigenvalue weighted by Crippen LogP contribution is 2.28. The molecule has 0 saturated heterocycles. The van der Waals surface area contributed by atoms with Crippen LogP contribution in [-0.2, 0) is 28.8 Å². The van der Waals surface area contributed by atoms with E-state index in [1.54, 1.807) is 0 Å². The smallest absolute Gasteiger partial charge is 0.322 e. The molecule has 0 aromatic rings. The third-order valence-corrected chi connectivity index (χ3v) is 14.1. The van der Waals surface area contributed by atoms with Crippen LogP contribution < -0.4 is 10.6 Å². The third kappa shape index (κ3) is 33.7. The first-order valence-corrected chi connectivity index (χ1v) is 29.0. The topological polar surface area (TPSA) is 150 Å². The number of thiol groups is 1. The maximum absolute atomic E-state index is 14.6. The van der Waals surface area contributed by atoms with Crippen LogP contribution in [0.1, 0.15) is 297 Å². The molecular weight excluding hydrogens is 859 g/mol. The number of unbranched alkanes of at least 4 members (excludes halogenated alkanes) is 36. The highest BCUT2D eigenvalue weighted by Gasteiger charge is 2.54. The summed E-state index contributed by atoms with van der Waals surface area (Å²) in [6.07, 6.45) is 44.3. The van der Waals surface area contributed by atoms with Crippen LogP contribution in [-0.4, -0.2) is 69.3 Å². The minimum Gasteiger partial charge on any atom is -0.480 e. The number of carbonyl (C=O) groups excluding carboxylic acids is 5. The Hall–Kier alpha value is -2.43. The van der Waals surface area contributed by atoms with E-state index in [-0.39, 0.29) is 19.3 Å². The molecule has 0 bridgehead atoms. The third-order valence-electron chi connectivity index (χ3n) is 13.6. The van der Waals surface area contributed by atoms with Gasteiger partial charge in [0.25, 0.3) is 5.91 Å². The van der Waals surface area contributed by atoms with Gasteiger partial charge < -0.3 is 15.7 Å². The average Bonchev–Trinajstić information content (AvgIpc) is 3.31. The van der Waals surface area contributed by atoms with Gasteiger partial charge in [-0.25, -0.2) is 0 Å². The minimum absolute atomic E-state index is 0.0140. The second-order valence-electron chi connectivity index (χ2n) is 19.8. The van der Waals surface area contributed by atoms with Crippen LogP contribution >= 0.6 is 12.6 Å². The van der Waals surface area contributed by atoms with Crippen molar-refractivity contribution in [3.63, 3.8) is 0 Å². The lowest BCUT2D eigenvalue weighted by Crippen LogP contribution is -2.69. The lowest BCUT2D eigenvalue weighted by atomic mass is 9.87. The Labute approximate surface area is 417 Å². The summed E-state index contributed by atoms with van der Waals surface area (Å²) in [5, 5.41) is 14.0. The average molecular weight is 965 g/mol. The number of carboxylic acids is 1. The molecule has 10 nitrogen and oxygen atoms in total. The maximum Gasteiger partial charge on any atom is 0.322 e. The second-order valence-corrected chi connectivity index (χ2v) is 20.2. The van der Waals surface area contributed by atoms with E-state index < -0.39 is 59.3 Å². The highest BCUT2D eigenvalue weighted by atomic mass is 32.1. The zero-order chi connectivity index (χ0) is 49.6. The number of carboxylic acid groups (broad SMARTS) is 1. The standard InChI is InChI=1S/C56H105N3O7S/c1-5-8-11-14-17-20-23-26-29-32-35-38-41-44-50(60)56(48-67,55(66)58-49(4)54(65)57-47-53(63)64)59(51(61)45-42-39-36-33-30-27-24-21-18-15-12-9-6-2)52(62)46-43-40-37-34-31-28-25-22-19-16-13-10-7-3/h49,67H,5-48H2,1-4H3,(H,57,65)(H,58,66)(H,63,64). The van der Waals surface area contributed by atoms with Gasteiger partial charge in [0.1, 0.15) is 12.6 Å². The Morgan fingerprint density at radius 1 is 0.448 bits per heavy atom. The van der Waals surface area contributed by atoms with E-state index in [9.17, 15) is 28.8 Å². The van der Waals surface area contributed by atoms with Gasteiger partial charge in [-0.15, -0.1) is 0 Å². The lowest BCUT2D eigenvalue weighted by Gasteiger charge is -2.40. The van der Waals surface area contributed by atoms with Gasteiger partial charge in [-0.3, -0.25) is 33.7 Å². The van der Waals surface area contributed by atoms with E-state index >= 15 is 0 Å². The monoisotopic (exact) mass is 964 g/mol. The molecular formula is C56H105N3O7S. The SMILES string of the molecule is CCCCCCCCCCCCCCCC(=O)N(C(=O)CCCCCCCCCCCCCCC)C(CS)(C(=O)CCCCCCCCCCCCCCC)C(=O)NC(C)C(=O)NCC(=O)O. The fraction of sp³-hybridized carbons (Fsp3) is 0.893. The van der Waals surface area contributed by atoms with Crippen LogP contribution in [0.5, 0.6) is 0 Å². The molecule has 2 atom stereocenters. The Bertz CT molecular complexity index is 1220. The first-order valence-electron chi connectivity index (χ1n) is 28.3. The number of carbonyl (C=O) groups is 6. The van der Waals surface area contributed by atoms with Crippen molar-refractivity contribution in [2.45, 2.75) is 309 Å². The predicted molar refractivity (Wildman–Crippen MR) is 283 cm³/mol. The van der Waals surface area contributed by atoms with Crippen LogP contribution in [0.25, 0.3) is 0 Å². The number of nitrogens with one attached hydrogen (secondary N) is 2. The molecule has 0 aromatic heterocycles. The second kappa shape index (κ2) is 46.0. The molecule has 0 aromatic carbocycles. The van der Waals surface area contributed by atoms with Crippen LogP contribution in [0.4, 0.5) is 0 Å². The van der Waals surface area contributed by atoms with Crippen molar-refractivity contribution < 1.29 is 33.9 Å². The molecule has 0 radical (unpaired) electrons. The van der Waals surface area contributed by atoms with Crippen molar-refractivity contribution in [1.29, 1.82) is 0 Å². The molecule has 3 N–H and O–H groups in total. The molecule has 0 rings (SSSR count). The van der Waals surface area contributed by atoms with Gasteiger partial charge in [0.2, 0.25) is 17.7 Å². The predicted octanol–water partition coefficient (Wildman–Crippen LogP) is 14.7. The molecule has 392 valence electrons. The van der Waals surface area contributed by atoms with E-state index in [0.29, 0.717) is 19.3 Å². The Morgan fingerprint density at radius 3 is 0.985 bits per heavy atom. The number of Topliss-reactive ketones (excluding diaryl/α,β-unsaturated/α-hetero) is 1. The van der Waals surface area contributed by atoms with Gasteiger partial charge >= 0.3 is 5.97 Å². The lowest BCUT2D eigenvalue weighted by molar-refractivity contribution is -0.163. The van der Waals surface area contributed by atoms with Crippen molar-refractivity contribution in [3.05, 3.63) is 0 Å². The molecule has 67 heavy (non-hydrogen) atoms. The van der Waals surface area contributed by atoms with Gasteiger partial charge in [0, 0.05) is 25.0 Å². The summed E-state index contributed by atoms with van der Waals surface area (Å²) in [7, 11) is 0. The summed E-state index contributed by atoms with van der Waals surface area (Å²) < 4.78 is 0.